The maximum Gasteiger partial charge on any atom is 0.230 e. The Morgan fingerprint density at radius 1 is 1.03 bits per heavy atom. The lowest BCUT2D eigenvalue weighted by Gasteiger charge is -2.29. The number of aromatic nitrogens is 3. The van der Waals surface area contributed by atoms with E-state index in [1.807, 2.05) is 48.5 Å². The van der Waals surface area contributed by atoms with E-state index in [9.17, 15) is 4.79 Å². The van der Waals surface area contributed by atoms with Gasteiger partial charge in [0.1, 0.15) is 0 Å². The van der Waals surface area contributed by atoms with E-state index >= 15 is 0 Å². The zero-order valence-electron chi connectivity index (χ0n) is 17.3. The molecule has 1 aliphatic rings. The van der Waals surface area contributed by atoms with Crippen molar-refractivity contribution in [2.45, 2.75) is 50.4 Å². The van der Waals surface area contributed by atoms with Crippen LogP contribution in [0.1, 0.15) is 38.2 Å². The van der Waals surface area contributed by atoms with Gasteiger partial charge in [-0.2, -0.15) is 0 Å². The predicted molar refractivity (Wildman–Crippen MR) is 121 cm³/mol. The Bertz CT molecular complexity index is 958. The highest BCUT2D eigenvalue weighted by molar-refractivity contribution is 7.99. The first-order valence-electron chi connectivity index (χ1n) is 10.7. The second kappa shape index (κ2) is 9.94. The van der Waals surface area contributed by atoms with E-state index in [0.717, 1.165) is 23.0 Å². The third-order valence-electron chi connectivity index (χ3n) is 5.72. The minimum Gasteiger partial charge on any atom is -0.352 e. The van der Waals surface area contributed by atoms with Gasteiger partial charge in [-0.15, -0.1) is 10.2 Å². The summed E-state index contributed by atoms with van der Waals surface area (Å²) >= 11 is 1.46. The van der Waals surface area contributed by atoms with Crippen LogP contribution in [0.2, 0.25) is 0 Å². The molecule has 0 saturated heterocycles. The summed E-state index contributed by atoms with van der Waals surface area (Å²) in [4.78, 5) is 12.6. The van der Waals surface area contributed by atoms with Gasteiger partial charge >= 0.3 is 0 Å². The van der Waals surface area contributed by atoms with E-state index in [-0.39, 0.29) is 5.91 Å². The molecule has 0 bridgehead atoms. The van der Waals surface area contributed by atoms with Crippen molar-refractivity contribution in [3.8, 4) is 11.4 Å². The molecular weight excluding hydrogens is 392 g/mol. The highest BCUT2D eigenvalue weighted by Crippen LogP contribution is 2.26. The molecular formula is C24H28N4OS. The van der Waals surface area contributed by atoms with Crippen LogP contribution in [0.4, 0.5) is 0 Å². The van der Waals surface area contributed by atoms with Crippen LogP contribution >= 0.6 is 11.8 Å². The number of amides is 1. The van der Waals surface area contributed by atoms with E-state index in [4.69, 9.17) is 0 Å². The summed E-state index contributed by atoms with van der Waals surface area (Å²) in [6, 6.07) is 20.7. The minimum absolute atomic E-state index is 0.0780. The summed E-state index contributed by atoms with van der Waals surface area (Å²) in [7, 11) is 0. The van der Waals surface area contributed by atoms with Crippen LogP contribution in [-0.4, -0.2) is 32.5 Å². The monoisotopic (exact) mass is 420 g/mol. The fraction of sp³-hybridized carbons (Fsp3) is 0.375. The molecule has 1 fully saturated rings. The van der Waals surface area contributed by atoms with Crippen molar-refractivity contribution in [1.29, 1.82) is 0 Å². The quantitative estimate of drug-likeness (QED) is 0.559. The molecule has 2 atom stereocenters. The maximum absolute atomic E-state index is 12.6. The Kier molecular flexibility index (Phi) is 6.84. The molecule has 2 aromatic carbocycles. The fourth-order valence-corrected chi connectivity index (χ4v) is 4.76. The van der Waals surface area contributed by atoms with Gasteiger partial charge in [-0.25, -0.2) is 0 Å². The zero-order valence-corrected chi connectivity index (χ0v) is 18.1. The highest BCUT2D eigenvalue weighted by Gasteiger charge is 2.23. The van der Waals surface area contributed by atoms with Crippen LogP contribution in [-0.2, 0) is 11.3 Å². The van der Waals surface area contributed by atoms with Gasteiger partial charge in [0.25, 0.3) is 0 Å². The molecule has 4 rings (SSSR count). The van der Waals surface area contributed by atoms with Gasteiger partial charge in [-0.1, -0.05) is 92.2 Å². The van der Waals surface area contributed by atoms with Gasteiger partial charge in [-0.3, -0.25) is 9.36 Å². The van der Waals surface area contributed by atoms with Gasteiger partial charge in [0.05, 0.1) is 12.3 Å². The molecule has 6 heteroatoms. The minimum atomic E-state index is 0.0780. The topological polar surface area (TPSA) is 59.8 Å². The SMILES string of the molecule is C[C@@H]1CCCC[C@H]1NC(=O)CSc1nnc(-c2ccccc2)n1Cc1ccccc1. The second-order valence-corrected chi connectivity index (χ2v) is 8.91. The third-order valence-corrected chi connectivity index (χ3v) is 6.69. The second-order valence-electron chi connectivity index (χ2n) is 7.97. The van der Waals surface area contributed by atoms with E-state index < -0.39 is 0 Å². The Morgan fingerprint density at radius 3 is 2.47 bits per heavy atom. The first kappa shape index (κ1) is 20.7. The van der Waals surface area contributed by atoms with Crippen molar-refractivity contribution in [2.24, 2.45) is 5.92 Å². The molecule has 0 aliphatic heterocycles. The number of nitrogens with zero attached hydrogens (tertiary/aromatic N) is 3. The molecule has 1 aliphatic carbocycles. The van der Waals surface area contributed by atoms with E-state index in [0.29, 0.717) is 24.3 Å². The maximum atomic E-state index is 12.6. The molecule has 0 spiro atoms. The normalized spacial score (nSPS) is 18.8. The average molecular weight is 421 g/mol. The molecule has 5 nitrogen and oxygen atoms in total. The van der Waals surface area contributed by atoms with Crippen LogP contribution < -0.4 is 5.32 Å². The third kappa shape index (κ3) is 5.11. The summed E-state index contributed by atoms with van der Waals surface area (Å²) in [5.74, 6) is 1.81. The lowest BCUT2D eigenvalue weighted by Crippen LogP contribution is -2.41. The molecule has 1 N–H and O–H groups in total. The number of carbonyl (C=O) groups is 1. The summed E-state index contributed by atoms with van der Waals surface area (Å²) in [6.45, 7) is 2.90. The van der Waals surface area contributed by atoms with Crippen LogP contribution in [0.25, 0.3) is 11.4 Å². The van der Waals surface area contributed by atoms with Crippen molar-refractivity contribution >= 4 is 17.7 Å². The Morgan fingerprint density at radius 2 is 1.73 bits per heavy atom. The number of nitrogens with one attached hydrogen (secondary N) is 1. The van der Waals surface area contributed by atoms with E-state index in [1.54, 1.807) is 0 Å². The number of carbonyl (C=O) groups excluding carboxylic acids is 1. The number of hydrogen-bond donors (Lipinski definition) is 1. The van der Waals surface area contributed by atoms with Crippen LogP contribution in [0.15, 0.2) is 65.8 Å². The Labute approximate surface area is 182 Å². The van der Waals surface area contributed by atoms with Crippen molar-refractivity contribution in [3.05, 3.63) is 66.2 Å². The van der Waals surface area contributed by atoms with E-state index in [2.05, 4.69) is 39.1 Å². The fourth-order valence-electron chi connectivity index (χ4n) is 4.01. The van der Waals surface area contributed by atoms with E-state index in [1.165, 1.54) is 36.6 Å². The van der Waals surface area contributed by atoms with Crippen molar-refractivity contribution < 1.29 is 4.79 Å². The number of thioether (sulfide) groups is 1. The number of rotatable bonds is 7. The van der Waals surface area contributed by atoms with Crippen molar-refractivity contribution in [2.75, 3.05) is 5.75 Å². The van der Waals surface area contributed by atoms with Crippen molar-refractivity contribution in [3.63, 3.8) is 0 Å². The lowest BCUT2D eigenvalue weighted by molar-refractivity contribution is -0.119. The largest absolute Gasteiger partial charge is 0.352 e. The smallest absolute Gasteiger partial charge is 0.230 e. The highest BCUT2D eigenvalue weighted by atomic mass is 32.2. The van der Waals surface area contributed by atoms with Crippen LogP contribution in [0.3, 0.4) is 0 Å². The molecule has 1 aromatic heterocycles. The molecule has 156 valence electrons. The number of benzene rings is 2. The van der Waals surface area contributed by atoms with Gasteiger partial charge in [0.15, 0.2) is 11.0 Å². The molecule has 0 unspecified atom stereocenters. The summed E-state index contributed by atoms with van der Waals surface area (Å²) < 4.78 is 2.10. The molecule has 0 radical (unpaired) electrons. The van der Waals surface area contributed by atoms with Gasteiger partial charge in [-0.05, 0) is 24.3 Å². The molecule has 30 heavy (non-hydrogen) atoms. The summed E-state index contributed by atoms with van der Waals surface area (Å²) in [5, 5.41) is 12.9. The first-order valence-corrected chi connectivity index (χ1v) is 11.6. The Hall–Kier alpha value is -2.60. The molecule has 3 aromatic rings. The summed E-state index contributed by atoms with van der Waals surface area (Å²) in [5.41, 5.74) is 2.20. The molecule has 1 heterocycles. The van der Waals surface area contributed by atoms with Crippen LogP contribution in [0.5, 0.6) is 0 Å². The van der Waals surface area contributed by atoms with Gasteiger partial charge in [0.2, 0.25) is 5.91 Å². The molecule has 1 amide bonds. The standard InChI is InChI=1S/C24H28N4OS/c1-18-10-8-9-15-21(18)25-22(29)17-30-24-27-26-23(20-13-6-3-7-14-20)28(24)16-19-11-4-2-5-12-19/h2-7,11-14,18,21H,8-10,15-17H2,1H3,(H,25,29)/t18-,21-/m1/s1. The molecule has 1 saturated carbocycles. The average Bonchev–Trinajstić information content (AvgIpc) is 3.17. The van der Waals surface area contributed by atoms with Gasteiger partial charge < -0.3 is 5.32 Å². The Balaban J connectivity index is 1.49. The van der Waals surface area contributed by atoms with Crippen molar-refractivity contribution in [1.82, 2.24) is 20.1 Å². The zero-order chi connectivity index (χ0) is 20.8. The predicted octanol–water partition coefficient (Wildman–Crippen LogP) is 4.78. The number of hydrogen-bond acceptors (Lipinski definition) is 4. The first-order chi connectivity index (χ1) is 14.7. The van der Waals surface area contributed by atoms with Crippen LogP contribution in [0, 0.1) is 5.92 Å². The lowest BCUT2D eigenvalue weighted by atomic mass is 9.86. The summed E-state index contributed by atoms with van der Waals surface area (Å²) in [6.07, 6.45) is 4.76. The van der Waals surface area contributed by atoms with Gasteiger partial charge in [0, 0.05) is 11.6 Å².